The van der Waals surface area contributed by atoms with Gasteiger partial charge in [0.15, 0.2) is 11.5 Å². The second-order valence-corrected chi connectivity index (χ2v) is 4.28. The average Bonchev–Trinajstić information content (AvgIpc) is 2.48. The number of hydrogen-bond acceptors (Lipinski definition) is 6. The highest BCUT2D eigenvalue weighted by Crippen LogP contribution is 2.19. The summed E-state index contributed by atoms with van der Waals surface area (Å²) in [7, 11) is 1.27. The molecule has 0 unspecified atom stereocenters. The summed E-state index contributed by atoms with van der Waals surface area (Å²) in [5.74, 6) is -1.07. The zero-order valence-electron chi connectivity index (χ0n) is 11.6. The molecule has 0 saturated carbocycles. The largest absolute Gasteiger partial charge is 0.465 e. The highest BCUT2D eigenvalue weighted by molar-refractivity contribution is 6.08. The molecule has 1 heterocycles. The van der Waals surface area contributed by atoms with E-state index < -0.39 is 11.9 Å². The molecule has 2 aromatic rings. The van der Waals surface area contributed by atoms with Crippen LogP contribution in [0.3, 0.4) is 0 Å². The molecule has 1 aromatic carbocycles. The van der Waals surface area contributed by atoms with Crippen LogP contribution in [-0.2, 0) is 4.74 Å². The monoisotopic (exact) mass is 286 g/mol. The van der Waals surface area contributed by atoms with Crippen LogP contribution in [-0.4, -0.2) is 29.0 Å². The number of esters is 1. The molecule has 7 nitrogen and oxygen atoms in total. The number of carbonyl (C=O) groups excluding carboxylic acids is 2. The summed E-state index contributed by atoms with van der Waals surface area (Å²) < 4.78 is 4.70. The van der Waals surface area contributed by atoms with Gasteiger partial charge in [-0.05, 0) is 19.1 Å². The van der Waals surface area contributed by atoms with Gasteiger partial charge < -0.3 is 15.8 Å². The number of ether oxygens (including phenoxy) is 1. The van der Waals surface area contributed by atoms with Crippen LogP contribution in [0.15, 0.2) is 30.6 Å². The number of aromatic nitrogens is 2. The molecule has 0 spiro atoms. The average molecular weight is 286 g/mol. The van der Waals surface area contributed by atoms with Crippen LogP contribution >= 0.6 is 0 Å². The third-order valence-corrected chi connectivity index (χ3v) is 2.77. The van der Waals surface area contributed by atoms with Crippen LogP contribution < -0.4 is 11.1 Å². The molecule has 0 aliphatic rings. The first kappa shape index (κ1) is 14.4. The Morgan fingerprint density at radius 1 is 1.24 bits per heavy atom. The fourth-order valence-corrected chi connectivity index (χ4v) is 1.75. The Labute approximate surface area is 121 Å². The fourth-order valence-electron chi connectivity index (χ4n) is 1.75. The molecule has 3 N–H and O–H groups in total. The first-order valence-corrected chi connectivity index (χ1v) is 6.09. The Balaban J connectivity index is 2.34. The molecule has 21 heavy (non-hydrogen) atoms. The Morgan fingerprint density at radius 3 is 2.62 bits per heavy atom. The lowest BCUT2D eigenvalue weighted by atomic mass is 10.1. The van der Waals surface area contributed by atoms with Crippen LogP contribution in [0.1, 0.15) is 26.4 Å². The van der Waals surface area contributed by atoms with Crippen molar-refractivity contribution in [3.05, 3.63) is 47.4 Å². The lowest BCUT2D eigenvalue weighted by Gasteiger charge is -2.10. The molecule has 0 aliphatic heterocycles. The highest BCUT2D eigenvalue weighted by Gasteiger charge is 2.17. The smallest absolute Gasteiger partial charge is 0.339 e. The summed E-state index contributed by atoms with van der Waals surface area (Å²) in [5.41, 5.74) is 7.04. The lowest BCUT2D eigenvalue weighted by molar-refractivity contribution is 0.0602. The zero-order chi connectivity index (χ0) is 15.4. The second-order valence-electron chi connectivity index (χ2n) is 4.28. The van der Waals surface area contributed by atoms with E-state index in [0.29, 0.717) is 5.69 Å². The van der Waals surface area contributed by atoms with E-state index in [-0.39, 0.29) is 17.1 Å². The van der Waals surface area contributed by atoms with Crippen LogP contribution in [0.4, 0.5) is 11.5 Å². The van der Waals surface area contributed by atoms with Crippen molar-refractivity contribution >= 4 is 23.4 Å². The predicted molar refractivity (Wildman–Crippen MR) is 76.9 cm³/mol. The van der Waals surface area contributed by atoms with Gasteiger partial charge in [0.1, 0.15) is 0 Å². The van der Waals surface area contributed by atoms with Crippen LogP contribution in [0.2, 0.25) is 0 Å². The van der Waals surface area contributed by atoms with Gasteiger partial charge in [-0.1, -0.05) is 11.6 Å². The number of nitrogen functional groups attached to an aromatic ring is 1. The zero-order valence-corrected chi connectivity index (χ0v) is 11.6. The topological polar surface area (TPSA) is 107 Å². The Morgan fingerprint density at radius 2 is 1.95 bits per heavy atom. The van der Waals surface area contributed by atoms with Crippen molar-refractivity contribution in [2.75, 3.05) is 18.2 Å². The number of hydrogen-bond donors (Lipinski definition) is 2. The molecule has 1 aromatic heterocycles. The molecule has 0 radical (unpaired) electrons. The number of anilines is 2. The van der Waals surface area contributed by atoms with E-state index in [9.17, 15) is 9.59 Å². The lowest BCUT2D eigenvalue weighted by Crippen LogP contribution is -2.18. The maximum atomic E-state index is 12.1. The molecule has 0 bridgehead atoms. The quantitative estimate of drug-likeness (QED) is 0.826. The van der Waals surface area contributed by atoms with E-state index in [4.69, 9.17) is 10.5 Å². The molecule has 0 aliphatic carbocycles. The molecule has 0 atom stereocenters. The number of methoxy groups -OCH3 is 1. The summed E-state index contributed by atoms with van der Waals surface area (Å²) in [6.07, 6.45) is 2.75. The number of nitrogens with two attached hydrogens (primary N) is 1. The summed E-state index contributed by atoms with van der Waals surface area (Å²) in [6.45, 7) is 1.83. The van der Waals surface area contributed by atoms with Gasteiger partial charge in [-0.3, -0.25) is 4.79 Å². The van der Waals surface area contributed by atoms with Crippen molar-refractivity contribution in [3.8, 4) is 0 Å². The van der Waals surface area contributed by atoms with E-state index in [1.807, 2.05) is 6.92 Å². The predicted octanol–water partition coefficient (Wildman–Crippen LogP) is 1.41. The third kappa shape index (κ3) is 3.14. The number of amides is 1. The maximum Gasteiger partial charge on any atom is 0.339 e. The molecule has 7 heteroatoms. The summed E-state index contributed by atoms with van der Waals surface area (Å²) >= 11 is 0. The van der Waals surface area contributed by atoms with Crippen LogP contribution in [0.5, 0.6) is 0 Å². The van der Waals surface area contributed by atoms with Crippen molar-refractivity contribution in [1.82, 2.24) is 9.97 Å². The molecular formula is C14H14N4O3. The van der Waals surface area contributed by atoms with Gasteiger partial charge in [-0.25, -0.2) is 14.8 Å². The third-order valence-electron chi connectivity index (χ3n) is 2.77. The van der Waals surface area contributed by atoms with E-state index in [1.54, 1.807) is 18.2 Å². The molecule has 1 amide bonds. The van der Waals surface area contributed by atoms with E-state index >= 15 is 0 Å². The van der Waals surface area contributed by atoms with Gasteiger partial charge in [0.2, 0.25) is 0 Å². The van der Waals surface area contributed by atoms with Gasteiger partial charge in [-0.2, -0.15) is 0 Å². The normalized spacial score (nSPS) is 10.0. The van der Waals surface area contributed by atoms with E-state index in [1.165, 1.54) is 19.5 Å². The minimum atomic E-state index is -0.547. The van der Waals surface area contributed by atoms with Crippen molar-refractivity contribution in [1.29, 1.82) is 0 Å². The van der Waals surface area contributed by atoms with Gasteiger partial charge in [-0.15, -0.1) is 0 Å². The van der Waals surface area contributed by atoms with Crippen molar-refractivity contribution in [3.63, 3.8) is 0 Å². The van der Waals surface area contributed by atoms with Crippen molar-refractivity contribution in [2.24, 2.45) is 0 Å². The fraction of sp³-hybridized carbons (Fsp3) is 0.143. The Kier molecular flexibility index (Phi) is 4.13. The van der Waals surface area contributed by atoms with E-state index in [0.717, 1.165) is 5.56 Å². The van der Waals surface area contributed by atoms with E-state index in [2.05, 4.69) is 15.3 Å². The molecular weight excluding hydrogens is 272 g/mol. The molecule has 0 saturated heterocycles. The van der Waals surface area contributed by atoms with Gasteiger partial charge >= 0.3 is 5.97 Å². The van der Waals surface area contributed by atoms with Gasteiger partial charge in [0, 0.05) is 12.4 Å². The number of aryl methyl sites for hydroxylation is 1. The van der Waals surface area contributed by atoms with Crippen LogP contribution in [0, 0.1) is 6.92 Å². The molecule has 108 valence electrons. The number of carbonyl (C=O) groups is 2. The number of nitrogens with one attached hydrogen (secondary N) is 1. The summed E-state index contributed by atoms with van der Waals surface area (Å²) in [4.78, 5) is 31.5. The summed E-state index contributed by atoms with van der Waals surface area (Å²) in [6, 6.07) is 5.01. The summed E-state index contributed by atoms with van der Waals surface area (Å²) in [5, 5.41) is 2.59. The van der Waals surface area contributed by atoms with Crippen LogP contribution in [0.25, 0.3) is 0 Å². The molecule has 0 fully saturated rings. The Bertz CT molecular complexity index is 700. The SMILES string of the molecule is COC(=O)c1cc(C)ccc1NC(=O)c1nccnc1N. The number of nitrogens with zero attached hydrogens (tertiary/aromatic N) is 2. The van der Waals surface area contributed by atoms with Gasteiger partial charge in [0.25, 0.3) is 5.91 Å². The minimum Gasteiger partial charge on any atom is -0.465 e. The minimum absolute atomic E-state index is 0.00566. The number of rotatable bonds is 3. The second kappa shape index (κ2) is 6.00. The molecule has 2 rings (SSSR count). The van der Waals surface area contributed by atoms with Gasteiger partial charge in [0.05, 0.1) is 18.4 Å². The maximum absolute atomic E-state index is 12.1. The van der Waals surface area contributed by atoms with Crippen molar-refractivity contribution in [2.45, 2.75) is 6.92 Å². The van der Waals surface area contributed by atoms with Crippen molar-refractivity contribution < 1.29 is 14.3 Å². The standard InChI is InChI=1S/C14H14N4O3/c1-8-3-4-10(9(7-8)14(20)21-2)18-13(19)11-12(15)17-6-5-16-11/h3-7H,1-2H3,(H2,15,17)(H,18,19). The first-order chi connectivity index (χ1) is 10.0. The highest BCUT2D eigenvalue weighted by atomic mass is 16.5. The number of benzene rings is 1. The Hall–Kier alpha value is -2.96. The first-order valence-electron chi connectivity index (χ1n) is 6.09.